The topological polar surface area (TPSA) is 89.1 Å². The molecule has 104 valence electrons. The molecule has 3 rings (SSSR count). The summed E-state index contributed by atoms with van der Waals surface area (Å²) in [6.07, 6.45) is 4.63. The molecule has 0 bridgehead atoms. The van der Waals surface area contributed by atoms with Crippen LogP contribution in [0.5, 0.6) is 0 Å². The van der Waals surface area contributed by atoms with Crippen LogP contribution in [0.15, 0.2) is 47.3 Å². The summed E-state index contributed by atoms with van der Waals surface area (Å²) in [7, 11) is 0. The molecule has 0 aromatic carbocycles. The lowest BCUT2D eigenvalue weighted by Gasteiger charge is -2.01. The van der Waals surface area contributed by atoms with Crippen LogP contribution in [0.3, 0.4) is 0 Å². The Balaban J connectivity index is 1.97. The molecule has 21 heavy (non-hydrogen) atoms. The summed E-state index contributed by atoms with van der Waals surface area (Å²) in [5.74, 6) is -0.640. The first-order valence-electron chi connectivity index (χ1n) is 6.22. The zero-order valence-electron chi connectivity index (χ0n) is 11.1. The van der Waals surface area contributed by atoms with Crippen LogP contribution in [-0.4, -0.2) is 26.0 Å². The van der Waals surface area contributed by atoms with Crippen molar-refractivity contribution < 1.29 is 14.3 Å². The van der Waals surface area contributed by atoms with Crippen LogP contribution in [0.1, 0.15) is 16.1 Å². The van der Waals surface area contributed by atoms with Crippen LogP contribution in [0, 0.1) is 6.92 Å². The lowest BCUT2D eigenvalue weighted by atomic mass is 10.1. The highest BCUT2D eigenvalue weighted by molar-refractivity contribution is 5.87. The number of pyridine rings is 2. The molecule has 0 amide bonds. The average Bonchev–Trinajstić information content (AvgIpc) is 2.97. The van der Waals surface area contributed by atoms with Gasteiger partial charge in [-0.25, -0.2) is 14.8 Å². The molecule has 0 saturated carbocycles. The molecule has 0 atom stereocenters. The zero-order valence-corrected chi connectivity index (χ0v) is 11.1. The molecule has 0 radical (unpaired) electrons. The Hall–Kier alpha value is -3.02. The number of aromatic carboxylic acids is 1. The fraction of sp³-hybridized carbons (Fsp3) is 0.0667. The van der Waals surface area contributed by atoms with Gasteiger partial charge in [0, 0.05) is 18.0 Å². The maximum absolute atomic E-state index is 11.0. The van der Waals surface area contributed by atoms with Crippen molar-refractivity contribution in [1.29, 1.82) is 0 Å². The molecule has 3 aromatic rings. The van der Waals surface area contributed by atoms with Crippen LogP contribution in [0.2, 0.25) is 0 Å². The van der Waals surface area contributed by atoms with Gasteiger partial charge in [0.05, 0.1) is 0 Å². The molecular formula is C15H11N3O3. The number of carbonyl (C=O) groups is 1. The molecule has 0 saturated heterocycles. The van der Waals surface area contributed by atoms with Crippen molar-refractivity contribution in [2.75, 3.05) is 0 Å². The quantitative estimate of drug-likeness (QED) is 0.794. The first kappa shape index (κ1) is 13.0. The van der Waals surface area contributed by atoms with Crippen LogP contribution in [0.4, 0.5) is 0 Å². The Bertz CT molecular complexity index is 797. The Morgan fingerprint density at radius 2 is 2.10 bits per heavy atom. The van der Waals surface area contributed by atoms with Gasteiger partial charge in [-0.1, -0.05) is 6.07 Å². The third-order valence-corrected chi connectivity index (χ3v) is 2.96. The van der Waals surface area contributed by atoms with Crippen molar-refractivity contribution in [1.82, 2.24) is 15.0 Å². The minimum absolute atomic E-state index is 0.0344. The second kappa shape index (κ2) is 5.16. The van der Waals surface area contributed by atoms with E-state index in [1.165, 1.54) is 12.5 Å². The van der Waals surface area contributed by atoms with E-state index in [1.807, 2.05) is 12.1 Å². The van der Waals surface area contributed by atoms with E-state index in [0.717, 1.165) is 0 Å². The zero-order chi connectivity index (χ0) is 14.8. The van der Waals surface area contributed by atoms with Gasteiger partial charge in [-0.2, -0.15) is 0 Å². The van der Waals surface area contributed by atoms with E-state index in [0.29, 0.717) is 28.4 Å². The van der Waals surface area contributed by atoms with Gasteiger partial charge < -0.3 is 9.52 Å². The predicted octanol–water partition coefficient (Wildman–Crippen LogP) is 2.81. The highest BCUT2D eigenvalue weighted by atomic mass is 16.4. The lowest BCUT2D eigenvalue weighted by molar-refractivity contribution is 0.0689. The van der Waals surface area contributed by atoms with E-state index >= 15 is 0 Å². The number of nitrogens with zero attached hydrogens (tertiary/aromatic N) is 3. The van der Waals surface area contributed by atoms with Gasteiger partial charge >= 0.3 is 5.97 Å². The van der Waals surface area contributed by atoms with Gasteiger partial charge in [-0.05, 0) is 30.7 Å². The first-order chi connectivity index (χ1) is 10.1. The summed E-state index contributed by atoms with van der Waals surface area (Å²) < 4.78 is 5.40. The summed E-state index contributed by atoms with van der Waals surface area (Å²) in [6.45, 7) is 1.69. The fourth-order valence-electron chi connectivity index (χ4n) is 1.95. The molecular weight excluding hydrogens is 270 g/mol. The van der Waals surface area contributed by atoms with Gasteiger partial charge in [-0.15, -0.1) is 0 Å². The predicted molar refractivity (Wildman–Crippen MR) is 74.7 cm³/mol. The summed E-state index contributed by atoms with van der Waals surface area (Å²) in [4.78, 5) is 23.4. The molecule has 1 N–H and O–H groups in total. The maximum Gasteiger partial charge on any atom is 0.354 e. The van der Waals surface area contributed by atoms with Crippen molar-refractivity contribution in [3.8, 4) is 22.8 Å². The Labute approximate surface area is 120 Å². The molecule has 3 aromatic heterocycles. The first-order valence-corrected chi connectivity index (χ1v) is 6.22. The van der Waals surface area contributed by atoms with E-state index in [2.05, 4.69) is 15.0 Å². The lowest BCUT2D eigenvalue weighted by Crippen LogP contribution is -2.03. The smallest absolute Gasteiger partial charge is 0.354 e. The molecule has 0 aliphatic heterocycles. The second-order valence-corrected chi connectivity index (χ2v) is 4.45. The van der Waals surface area contributed by atoms with Crippen LogP contribution < -0.4 is 0 Å². The van der Waals surface area contributed by atoms with Gasteiger partial charge in [0.25, 0.3) is 0 Å². The Morgan fingerprint density at radius 1 is 1.24 bits per heavy atom. The molecule has 0 aliphatic rings. The van der Waals surface area contributed by atoms with Gasteiger partial charge in [0.1, 0.15) is 17.7 Å². The van der Waals surface area contributed by atoms with Gasteiger partial charge in [0.2, 0.25) is 5.89 Å². The van der Waals surface area contributed by atoms with Gasteiger partial charge in [0.15, 0.2) is 5.69 Å². The fourth-order valence-corrected chi connectivity index (χ4v) is 1.95. The number of carboxylic acid groups (broad SMARTS) is 1. The molecule has 6 heteroatoms. The summed E-state index contributed by atoms with van der Waals surface area (Å²) in [5, 5.41) is 8.97. The average molecular weight is 281 g/mol. The number of hydrogen-bond acceptors (Lipinski definition) is 5. The molecule has 0 spiro atoms. The third-order valence-electron chi connectivity index (χ3n) is 2.96. The number of rotatable bonds is 3. The number of oxazole rings is 1. The van der Waals surface area contributed by atoms with Crippen LogP contribution >= 0.6 is 0 Å². The summed E-state index contributed by atoms with van der Waals surface area (Å²) in [6, 6.07) is 7.17. The van der Waals surface area contributed by atoms with Crippen molar-refractivity contribution in [3.63, 3.8) is 0 Å². The monoisotopic (exact) mass is 281 g/mol. The molecule has 0 fully saturated rings. The minimum Gasteiger partial charge on any atom is -0.477 e. The molecule has 0 unspecified atom stereocenters. The van der Waals surface area contributed by atoms with Crippen molar-refractivity contribution in [3.05, 3.63) is 54.2 Å². The van der Waals surface area contributed by atoms with E-state index in [-0.39, 0.29) is 5.69 Å². The number of aromatic nitrogens is 3. The van der Waals surface area contributed by atoms with E-state index in [4.69, 9.17) is 9.52 Å². The Morgan fingerprint density at radius 3 is 2.76 bits per heavy atom. The molecule has 3 heterocycles. The normalized spacial score (nSPS) is 10.5. The van der Waals surface area contributed by atoms with Crippen LogP contribution in [-0.2, 0) is 0 Å². The summed E-state index contributed by atoms with van der Waals surface area (Å²) >= 11 is 0. The van der Waals surface area contributed by atoms with E-state index < -0.39 is 5.97 Å². The van der Waals surface area contributed by atoms with Crippen molar-refractivity contribution in [2.24, 2.45) is 0 Å². The third kappa shape index (κ3) is 2.51. The van der Waals surface area contributed by atoms with Crippen molar-refractivity contribution in [2.45, 2.75) is 6.92 Å². The summed E-state index contributed by atoms with van der Waals surface area (Å²) in [5.41, 5.74) is 2.52. The SMILES string of the molecule is Cc1cc(-c2coc(-c3ccccn3)n2)cnc1C(=O)O. The van der Waals surface area contributed by atoms with Gasteiger partial charge in [-0.3, -0.25) is 4.98 Å². The second-order valence-electron chi connectivity index (χ2n) is 4.45. The highest BCUT2D eigenvalue weighted by Gasteiger charge is 2.13. The number of carboxylic acids is 1. The van der Waals surface area contributed by atoms with Crippen molar-refractivity contribution >= 4 is 5.97 Å². The Kier molecular flexibility index (Phi) is 3.19. The minimum atomic E-state index is -1.05. The maximum atomic E-state index is 11.0. The number of aryl methyl sites for hydroxylation is 1. The molecule has 6 nitrogen and oxygen atoms in total. The standard InChI is InChI=1S/C15H11N3O3/c1-9-6-10(7-17-13(9)15(19)20)12-8-21-14(18-12)11-4-2-3-5-16-11/h2-8H,1H3,(H,19,20). The largest absolute Gasteiger partial charge is 0.477 e. The van der Waals surface area contributed by atoms with E-state index in [1.54, 1.807) is 25.3 Å². The van der Waals surface area contributed by atoms with Crippen LogP contribution in [0.25, 0.3) is 22.8 Å². The van der Waals surface area contributed by atoms with E-state index in [9.17, 15) is 4.79 Å². The molecule has 0 aliphatic carbocycles. The number of hydrogen-bond donors (Lipinski definition) is 1. The highest BCUT2D eigenvalue weighted by Crippen LogP contribution is 2.24.